The molecule has 0 aromatic heterocycles. The Morgan fingerprint density at radius 2 is 2.20 bits per heavy atom. The van der Waals surface area contributed by atoms with Crippen LogP contribution >= 0.6 is 11.6 Å². The first-order chi connectivity index (χ1) is 4.63. The quantitative estimate of drug-likeness (QED) is 0.611. The molecule has 0 spiro atoms. The molecular formula is C8H16ClN. The summed E-state index contributed by atoms with van der Waals surface area (Å²) in [6.07, 6.45) is 1.20. The Kier molecular flexibility index (Phi) is 5.74. The van der Waals surface area contributed by atoms with E-state index in [0.717, 1.165) is 19.0 Å². The lowest BCUT2D eigenvalue weighted by Crippen LogP contribution is -2.17. The first-order valence-corrected chi connectivity index (χ1v) is 4.04. The summed E-state index contributed by atoms with van der Waals surface area (Å²) < 4.78 is 0. The molecule has 0 radical (unpaired) electrons. The van der Waals surface area contributed by atoms with E-state index in [2.05, 4.69) is 25.7 Å². The van der Waals surface area contributed by atoms with Crippen LogP contribution in [0.3, 0.4) is 0 Å². The third-order valence-corrected chi connectivity index (χ3v) is 1.35. The van der Waals surface area contributed by atoms with Gasteiger partial charge in [0.05, 0.1) is 0 Å². The molecular weight excluding hydrogens is 146 g/mol. The van der Waals surface area contributed by atoms with Crippen molar-refractivity contribution in [3.63, 3.8) is 0 Å². The summed E-state index contributed by atoms with van der Waals surface area (Å²) in [5.41, 5.74) is 0. The van der Waals surface area contributed by atoms with Gasteiger partial charge in [0.2, 0.25) is 0 Å². The van der Waals surface area contributed by atoms with Crippen molar-refractivity contribution >= 4 is 11.6 Å². The molecule has 1 N–H and O–H groups in total. The monoisotopic (exact) mass is 161 g/mol. The van der Waals surface area contributed by atoms with E-state index in [9.17, 15) is 0 Å². The van der Waals surface area contributed by atoms with E-state index < -0.39 is 0 Å². The summed E-state index contributed by atoms with van der Waals surface area (Å²) in [6, 6.07) is 0. The van der Waals surface area contributed by atoms with Gasteiger partial charge in [0.1, 0.15) is 0 Å². The second kappa shape index (κ2) is 5.75. The molecule has 0 aliphatic carbocycles. The highest BCUT2D eigenvalue weighted by molar-refractivity contribution is 6.29. The molecule has 0 bridgehead atoms. The van der Waals surface area contributed by atoms with Crippen LogP contribution in [0, 0.1) is 5.92 Å². The molecule has 2 heteroatoms. The Labute approximate surface area is 68.5 Å². The summed E-state index contributed by atoms with van der Waals surface area (Å²) in [7, 11) is 0. The number of halogens is 1. The largest absolute Gasteiger partial charge is 0.312 e. The molecule has 0 heterocycles. The van der Waals surface area contributed by atoms with Crippen LogP contribution in [0.25, 0.3) is 0 Å². The lowest BCUT2D eigenvalue weighted by Gasteiger charge is -2.04. The van der Waals surface area contributed by atoms with Crippen molar-refractivity contribution in [2.45, 2.75) is 20.3 Å². The Morgan fingerprint density at radius 1 is 1.60 bits per heavy atom. The molecule has 0 aliphatic rings. The number of hydrogen-bond acceptors (Lipinski definition) is 1. The lowest BCUT2D eigenvalue weighted by atomic mass is 10.1. The molecule has 0 saturated heterocycles. The van der Waals surface area contributed by atoms with Crippen LogP contribution < -0.4 is 5.32 Å². The molecule has 0 aromatic rings. The zero-order valence-corrected chi connectivity index (χ0v) is 7.54. The number of nitrogens with one attached hydrogen (secondary N) is 1. The molecule has 60 valence electrons. The third kappa shape index (κ3) is 7.99. The van der Waals surface area contributed by atoms with Gasteiger partial charge in [-0.05, 0) is 18.9 Å². The van der Waals surface area contributed by atoms with Crippen molar-refractivity contribution < 1.29 is 0 Å². The first-order valence-electron chi connectivity index (χ1n) is 3.67. The molecule has 0 saturated carbocycles. The normalized spacial score (nSPS) is 10.4. The van der Waals surface area contributed by atoms with E-state index in [0.29, 0.717) is 5.03 Å². The van der Waals surface area contributed by atoms with Gasteiger partial charge in [-0.15, -0.1) is 0 Å². The molecule has 0 aliphatic heterocycles. The van der Waals surface area contributed by atoms with E-state index in [4.69, 9.17) is 11.6 Å². The summed E-state index contributed by atoms with van der Waals surface area (Å²) in [6.45, 7) is 9.75. The fraction of sp³-hybridized carbons (Fsp3) is 0.750. The maximum atomic E-state index is 5.54. The van der Waals surface area contributed by atoms with Gasteiger partial charge in [-0.1, -0.05) is 32.0 Å². The lowest BCUT2D eigenvalue weighted by molar-refractivity contribution is 0.552. The topological polar surface area (TPSA) is 12.0 Å². The second-order valence-electron chi connectivity index (χ2n) is 2.88. The van der Waals surface area contributed by atoms with Crippen LogP contribution in [0.1, 0.15) is 20.3 Å². The van der Waals surface area contributed by atoms with Crippen molar-refractivity contribution in [2.75, 3.05) is 13.1 Å². The number of rotatable bonds is 5. The Hall–Kier alpha value is -0.0100. The van der Waals surface area contributed by atoms with Gasteiger partial charge >= 0.3 is 0 Å². The minimum Gasteiger partial charge on any atom is -0.312 e. The molecule has 0 amide bonds. The van der Waals surface area contributed by atoms with E-state index in [1.807, 2.05) is 0 Å². The Balaban J connectivity index is 2.98. The summed E-state index contributed by atoms with van der Waals surface area (Å²) in [5.74, 6) is 0.760. The van der Waals surface area contributed by atoms with Crippen molar-refractivity contribution in [3.05, 3.63) is 11.6 Å². The molecule has 0 rings (SSSR count). The Morgan fingerprint density at radius 3 is 2.60 bits per heavy atom. The fourth-order valence-corrected chi connectivity index (χ4v) is 0.709. The van der Waals surface area contributed by atoms with E-state index in [-0.39, 0.29) is 0 Å². The summed E-state index contributed by atoms with van der Waals surface area (Å²) in [5, 5.41) is 3.87. The minimum absolute atomic E-state index is 0.684. The van der Waals surface area contributed by atoms with Crippen LogP contribution in [-0.4, -0.2) is 13.1 Å². The zero-order chi connectivity index (χ0) is 7.98. The smallest absolute Gasteiger partial charge is 0.0307 e. The second-order valence-corrected chi connectivity index (χ2v) is 3.41. The van der Waals surface area contributed by atoms with Gasteiger partial charge in [-0.3, -0.25) is 0 Å². The van der Waals surface area contributed by atoms with Gasteiger partial charge < -0.3 is 5.32 Å². The zero-order valence-electron chi connectivity index (χ0n) is 6.78. The summed E-state index contributed by atoms with van der Waals surface area (Å²) in [4.78, 5) is 0. The molecule has 0 aromatic carbocycles. The van der Waals surface area contributed by atoms with Gasteiger partial charge in [-0.2, -0.15) is 0 Å². The van der Waals surface area contributed by atoms with Crippen LogP contribution in [0.5, 0.6) is 0 Å². The van der Waals surface area contributed by atoms with Crippen molar-refractivity contribution in [1.29, 1.82) is 0 Å². The standard InChI is InChI=1S/C8H16ClN/c1-7(2)4-5-10-6-8(3)9/h7,10H,3-6H2,1-2H3. The van der Waals surface area contributed by atoms with E-state index in [1.165, 1.54) is 6.42 Å². The number of hydrogen-bond donors (Lipinski definition) is 1. The van der Waals surface area contributed by atoms with Crippen molar-refractivity contribution in [2.24, 2.45) is 5.92 Å². The van der Waals surface area contributed by atoms with Gasteiger partial charge in [-0.25, -0.2) is 0 Å². The first kappa shape index (κ1) is 9.99. The van der Waals surface area contributed by atoms with Crippen LogP contribution in [0.2, 0.25) is 0 Å². The van der Waals surface area contributed by atoms with E-state index in [1.54, 1.807) is 0 Å². The minimum atomic E-state index is 0.684. The van der Waals surface area contributed by atoms with Crippen molar-refractivity contribution in [1.82, 2.24) is 5.32 Å². The maximum absolute atomic E-state index is 5.54. The maximum Gasteiger partial charge on any atom is 0.0307 e. The highest BCUT2D eigenvalue weighted by atomic mass is 35.5. The molecule has 1 nitrogen and oxygen atoms in total. The predicted octanol–water partition coefficient (Wildman–Crippen LogP) is 2.37. The van der Waals surface area contributed by atoms with Crippen LogP contribution in [0.4, 0.5) is 0 Å². The fourth-order valence-electron chi connectivity index (χ4n) is 0.615. The molecule has 0 unspecified atom stereocenters. The average Bonchev–Trinajstić information content (AvgIpc) is 1.79. The third-order valence-electron chi connectivity index (χ3n) is 1.22. The summed E-state index contributed by atoms with van der Waals surface area (Å²) >= 11 is 5.54. The Bertz CT molecular complexity index is 99.4. The SMILES string of the molecule is C=C(Cl)CNCCC(C)C. The average molecular weight is 162 g/mol. The van der Waals surface area contributed by atoms with Crippen LogP contribution in [0.15, 0.2) is 11.6 Å². The molecule has 0 fully saturated rings. The highest BCUT2D eigenvalue weighted by Crippen LogP contribution is 1.97. The molecule has 0 atom stereocenters. The van der Waals surface area contributed by atoms with Gasteiger partial charge in [0.15, 0.2) is 0 Å². The van der Waals surface area contributed by atoms with Gasteiger partial charge in [0.25, 0.3) is 0 Å². The van der Waals surface area contributed by atoms with Gasteiger partial charge in [0, 0.05) is 11.6 Å². The molecule has 10 heavy (non-hydrogen) atoms. The highest BCUT2D eigenvalue weighted by Gasteiger charge is 1.92. The predicted molar refractivity (Wildman–Crippen MR) is 47.3 cm³/mol. The van der Waals surface area contributed by atoms with E-state index >= 15 is 0 Å². The van der Waals surface area contributed by atoms with Crippen molar-refractivity contribution in [3.8, 4) is 0 Å². The van der Waals surface area contributed by atoms with Crippen LogP contribution in [-0.2, 0) is 0 Å².